The Labute approximate surface area is 115 Å². The summed E-state index contributed by atoms with van der Waals surface area (Å²) in [6.45, 7) is 0. The van der Waals surface area contributed by atoms with Gasteiger partial charge in [0.1, 0.15) is 5.75 Å². The number of benzene rings is 2. The first-order chi connectivity index (χ1) is 9.83. The number of aromatic amines is 1. The third kappa shape index (κ3) is 1.58. The minimum Gasteiger partial charge on any atom is -0.439 e. The molecule has 0 aliphatic carbocycles. The van der Waals surface area contributed by atoms with Crippen molar-refractivity contribution in [1.82, 2.24) is 9.78 Å². The molecule has 2 heterocycles. The zero-order valence-corrected chi connectivity index (χ0v) is 10.7. The van der Waals surface area contributed by atoms with Gasteiger partial charge in [0, 0.05) is 6.42 Å². The molecule has 20 heavy (non-hydrogen) atoms. The molecule has 0 unspecified atom stereocenters. The minimum atomic E-state index is -0.0549. The maximum atomic E-state index is 12.5. The van der Waals surface area contributed by atoms with Gasteiger partial charge in [0.2, 0.25) is 5.88 Å². The molecule has 0 saturated heterocycles. The largest absolute Gasteiger partial charge is 0.439 e. The van der Waals surface area contributed by atoms with Crippen LogP contribution in [0.4, 0.5) is 0 Å². The van der Waals surface area contributed by atoms with E-state index in [1.54, 1.807) is 0 Å². The predicted molar refractivity (Wildman–Crippen MR) is 75.7 cm³/mol. The second-order valence-electron chi connectivity index (χ2n) is 4.78. The summed E-state index contributed by atoms with van der Waals surface area (Å²) in [7, 11) is 0. The number of hydrogen-bond donors (Lipinski definition) is 1. The zero-order chi connectivity index (χ0) is 13.5. The Kier molecular flexibility index (Phi) is 2.29. The van der Waals surface area contributed by atoms with E-state index in [4.69, 9.17) is 4.74 Å². The number of fused-ring (bicyclic) bond motifs is 2. The summed E-state index contributed by atoms with van der Waals surface area (Å²) < 4.78 is 7.31. The normalized spacial score (nSPS) is 12.4. The third-order valence-electron chi connectivity index (χ3n) is 3.51. The molecule has 2 aromatic carbocycles. The van der Waals surface area contributed by atoms with Crippen LogP contribution in [0, 0.1) is 0 Å². The topological polar surface area (TPSA) is 47.0 Å². The van der Waals surface area contributed by atoms with Crippen LogP contribution in [0.2, 0.25) is 0 Å². The van der Waals surface area contributed by atoms with Crippen LogP contribution in [-0.2, 0) is 6.42 Å². The summed E-state index contributed by atoms with van der Waals surface area (Å²) in [5, 5.41) is 3.04. The van der Waals surface area contributed by atoms with E-state index >= 15 is 0 Å². The molecule has 1 N–H and O–H groups in total. The first kappa shape index (κ1) is 11.1. The summed E-state index contributed by atoms with van der Waals surface area (Å²) in [6.07, 6.45) is 0.598. The summed E-state index contributed by atoms with van der Waals surface area (Å²) >= 11 is 0. The maximum absolute atomic E-state index is 12.5. The second-order valence-corrected chi connectivity index (χ2v) is 4.78. The molecule has 0 saturated carbocycles. The highest BCUT2D eigenvalue weighted by atomic mass is 16.5. The Morgan fingerprint density at radius 3 is 2.60 bits per heavy atom. The Morgan fingerprint density at radius 2 is 1.75 bits per heavy atom. The van der Waals surface area contributed by atoms with E-state index in [0.29, 0.717) is 17.9 Å². The minimum absolute atomic E-state index is 0.0549. The average molecular weight is 264 g/mol. The van der Waals surface area contributed by atoms with Gasteiger partial charge in [-0.3, -0.25) is 9.89 Å². The summed E-state index contributed by atoms with van der Waals surface area (Å²) in [4.78, 5) is 12.5. The zero-order valence-electron chi connectivity index (χ0n) is 10.7. The predicted octanol–water partition coefficient (Wildman–Crippen LogP) is 2.86. The highest BCUT2D eigenvalue weighted by Gasteiger charge is 2.23. The van der Waals surface area contributed by atoms with Crippen LogP contribution in [0.25, 0.3) is 5.69 Å². The molecular weight excluding hydrogens is 252 g/mol. The van der Waals surface area contributed by atoms with Crippen molar-refractivity contribution < 1.29 is 4.74 Å². The number of aromatic nitrogens is 2. The van der Waals surface area contributed by atoms with Gasteiger partial charge in [-0.15, -0.1) is 0 Å². The Morgan fingerprint density at radius 1 is 1.00 bits per heavy atom. The monoisotopic (exact) mass is 264 g/mol. The standard InChI is InChI=1S/C16H12N2O2/c19-16-13-10-11-6-4-5-9-14(11)20-15(13)17-18(16)12-7-2-1-3-8-12/h1-9,17H,10H2. The smallest absolute Gasteiger partial charge is 0.278 e. The molecule has 3 aromatic rings. The fourth-order valence-corrected chi connectivity index (χ4v) is 2.50. The van der Waals surface area contributed by atoms with Crippen molar-refractivity contribution >= 4 is 0 Å². The molecule has 0 atom stereocenters. The number of H-pyrrole nitrogens is 1. The Hall–Kier alpha value is -2.75. The number of hydrogen-bond acceptors (Lipinski definition) is 2. The number of ether oxygens (including phenoxy) is 1. The molecule has 0 amide bonds. The van der Waals surface area contributed by atoms with Gasteiger partial charge in [0.05, 0.1) is 11.3 Å². The van der Waals surface area contributed by atoms with Crippen molar-refractivity contribution in [2.75, 3.05) is 0 Å². The van der Waals surface area contributed by atoms with E-state index in [2.05, 4.69) is 5.10 Å². The van der Waals surface area contributed by atoms with Gasteiger partial charge in [-0.25, -0.2) is 4.68 Å². The van der Waals surface area contributed by atoms with Gasteiger partial charge in [-0.1, -0.05) is 36.4 Å². The van der Waals surface area contributed by atoms with Crippen molar-refractivity contribution in [3.05, 3.63) is 76.1 Å². The second kappa shape index (κ2) is 4.13. The van der Waals surface area contributed by atoms with Gasteiger partial charge in [-0.05, 0) is 23.8 Å². The van der Waals surface area contributed by atoms with Gasteiger partial charge in [0.15, 0.2) is 0 Å². The molecule has 0 radical (unpaired) electrons. The Balaban J connectivity index is 1.86. The highest BCUT2D eigenvalue weighted by molar-refractivity contribution is 5.47. The van der Waals surface area contributed by atoms with E-state index in [0.717, 1.165) is 17.0 Å². The molecule has 0 fully saturated rings. The lowest BCUT2D eigenvalue weighted by Crippen LogP contribution is -2.18. The van der Waals surface area contributed by atoms with Gasteiger partial charge >= 0.3 is 0 Å². The molecule has 4 rings (SSSR count). The molecule has 1 aliphatic heterocycles. The molecule has 4 heteroatoms. The lowest BCUT2D eigenvalue weighted by atomic mass is 10.0. The van der Waals surface area contributed by atoms with Crippen LogP contribution in [0.5, 0.6) is 11.6 Å². The fourth-order valence-electron chi connectivity index (χ4n) is 2.50. The van der Waals surface area contributed by atoms with Crippen LogP contribution in [-0.4, -0.2) is 9.78 Å². The molecule has 1 aromatic heterocycles. The lowest BCUT2D eigenvalue weighted by molar-refractivity contribution is 0.438. The molecular formula is C16H12N2O2. The van der Waals surface area contributed by atoms with E-state index in [9.17, 15) is 4.79 Å². The van der Waals surface area contributed by atoms with Crippen molar-refractivity contribution in [1.29, 1.82) is 0 Å². The van der Waals surface area contributed by atoms with Crippen LogP contribution < -0.4 is 10.3 Å². The summed E-state index contributed by atoms with van der Waals surface area (Å²) in [5.74, 6) is 1.35. The summed E-state index contributed by atoms with van der Waals surface area (Å²) in [6, 6.07) is 17.3. The average Bonchev–Trinajstić information content (AvgIpc) is 2.83. The number of para-hydroxylation sites is 2. The summed E-state index contributed by atoms with van der Waals surface area (Å²) in [5.41, 5.74) is 2.46. The van der Waals surface area contributed by atoms with E-state index in [1.165, 1.54) is 4.68 Å². The van der Waals surface area contributed by atoms with Crippen LogP contribution >= 0.6 is 0 Å². The first-order valence-electron chi connectivity index (χ1n) is 6.48. The van der Waals surface area contributed by atoms with Crippen LogP contribution in [0.3, 0.4) is 0 Å². The van der Waals surface area contributed by atoms with E-state index < -0.39 is 0 Å². The fraction of sp³-hybridized carbons (Fsp3) is 0.0625. The molecule has 0 spiro atoms. The quantitative estimate of drug-likeness (QED) is 0.574. The number of nitrogens with one attached hydrogen (secondary N) is 1. The SMILES string of the molecule is O=c1c2c([nH]n1-c1ccccc1)Oc1ccccc1C2. The van der Waals surface area contributed by atoms with Crippen molar-refractivity contribution in [3.63, 3.8) is 0 Å². The van der Waals surface area contributed by atoms with Crippen LogP contribution in [0.1, 0.15) is 11.1 Å². The van der Waals surface area contributed by atoms with Gasteiger partial charge in [0.25, 0.3) is 5.56 Å². The maximum Gasteiger partial charge on any atom is 0.278 e. The van der Waals surface area contributed by atoms with Crippen LogP contribution in [0.15, 0.2) is 59.4 Å². The van der Waals surface area contributed by atoms with Gasteiger partial charge < -0.3 is 4.74 Å². The van der Waals surface area contributed by atoms with Gasteiger partial charge in [-0.2, -0.15) is 0 Å². The Bertz CT molecular complexity index is 831. The van der Waals surface area contributed by atoms with Crippen molar-refractivity contribution in [2.24, 2.45) is 0 Å². The molecule has 4 nitrogen and oxygen atoms in total. The molecule has 1 aliphatic rings. The highest BCUT2D eigenvalue weighted by Crippen LogP contribution is 2.33. The molecule has 0 bridgehead atoms. The first-order valence-corrected chi connectivity index (χ1v) is 6.48. The third-order valence-corrected chi connectivity index (χ3v) is 3.51. The van der Waals surface area contributed by atoms with E-state index in [-0.39, 0.29) is 5.56 Å². The van der Waals surface area contributed by atoms with E-state index in [1.807, 2.05) is 54.6 Å². The number of rotatable bonds is 1. The number of nitrogens with zero attached hydrogens (tertiary/aromatic N) is 1. The molecule has 98 valence electrons. The van der Waals surface area contributed by atoms with Crippen molar-refractivity contribution in [2.45, 2.75) is 6.42 Å². The van der Waals surface area contributed by atoms with Crippen molar-refractivity contribution in [3.8, 4) is 17.3 Å². The lowest BCUT2D eigenvalue weighted by Gasteiger charge is -2.14.